The molecule has 2 rings (SSSR count). The van der Waals surface area contributed by atoms with Gasteiger partial charge in [-0.05, 0) is 37.1 Å². The van der Waals surface area contributed by atoms with Gasteiger partial charge in [0.1, 0.15) is 0 Å². The van der Waals surface area contributed by atoms with E-state index in [1.165, 1.54) is 12.0 Å². The summed E-state index contributed by atoms with van der Waals surface area (Å²) >= 11 is 1.68. The topological polar surface area (TPSA) is 47.6 Å². The number of carbonyl (C=O) groups excluding carboxylic acids is 1. The van der Waals surface area contributed by atoms with E-state index in [2.05, 4.69) is 11.4 Å². The molecule has 1 heterocycles. The van der Waals surface area contributed by atoms with Gasteiger partial charge >= 0.3 is 5.97 Å². The van der Waals surface area contributed by atoms with Crippen LogP contribution in [0.3, 0.4) is 0 Å². The van der Waals surface area contributed by atoms with Crippen molar-refractivity contribution in [2.24, 2.45) is 0 Å². The minimum Gasteiger partial charge on any atom is -0.469 e. The Morgan fingerprint density at radius 3 is 2.70 bits per heavy atom. The van der Waals surface area contributed by atoms with Crippen LogP contribution in [0.5, 0.6) is 0 Å². The lowest BCUT2D eigenvalue weighted by molar-refractivity contribution is -0.141. The standard InChI is InChI=1S/C15H23NO3S/c1-18-12-7-5-11(6-8-12)16-13(10-15(17)19-2)14-4-3-9-20-14/h3-4,9,11-13,16H,5-8,10H2,1-2H3. The largest absolute Gasteiger partial charge is 0.469 e. The van der Waals surface area contributed by atoms with Crippen LogP contribution in [0.2, 0.25) is 0 Å². The maximum atomic E-state index is 11.6. The van der Waals surface area contributed by atoms with Crippen molar-refractivity contribution in [1.82, 2.24) is 5.32 Å². The molecule has 1 atom stereocenters. The maximum Gasteiger partial charge on any atom is 0.307 e. The molecule has 1 aromatic rings. The number of thiophene rings is 1. The quantitative estimate of drug-likeness (QED) is 0.820. The summed E-state index contributed by atoms with van der Waals surface area (Å²) in [7, 11) is 3.22. The molecule has 0 spiro atoms. The van der Waals surface area contributed by atoms with Gasteiger partial charge in [0.2, 0.25) is 0 Å². The van der Waals surface area contributed by atoms with Gasteiger partial charge in [-0.25, -0.2) is 0 Å². The van der Waals surface area contributed by atoms with E-state index in [9.17, 15) is 4.79 Å². The Kier molecular flexibility index (Phi) is 6.01. The Balaban J connectivity index is 1.92. The number of nitrogens with one attached hydrogen (secondary N) is 1. The van der Waals surface area contributed by atoms with E-state index in [0.29, 0.717) is 18.6 Å². The highest BCUT2D eigenvalue weighted by Crippen LogP contribution is 2.27. The fourth-order valence-corrected chi connectivity index (χ4v) is 3.52. The fourth-order valence-electron chi connectivity index (χ4n) is 2.73. The maximum absolute atomic E-state index is 11.6. The van der Waals surface area contributed by atoms with Gasteiger partial charge in [-0.1, -0.05) is 6.07 Å². The second kappa shape index (κ2) is 7.76. The average Bonchev–Trinajstić information content (AvgIpc) is 3.01. The molecule has 0 aliphatic heterocycles. The molecule has 4 nitrogen and oxygen atoms in total. The molecule has 1 fully saturated rings. The van der Waals surface area contributed by atoms with Crippen LogP contribution >= 0.6 is 11.3 Å². The molecule has 112 valence electrons. The zero-order valence-corrected chi connectivity index (χ0v) is 12.9. The number of methoxy groups -OCH3 is 2. The van der Waals surface area contributed by atoms with Gasteiger partial charge in [-0.3, -0.25) is 4.79 Å². The fraction of sp³-hybridized carbons (Fsp3) is 0.667. The third kappa shape index (κ3) is 4.30. The van der Waals surface area contributed by atoms with Crippen molar-refractivity contribution in [1.29, 1.82) is 0 Å². The molecular formula is C15H23NO3S. The lowest BCUT2D eigenvalue weighted by Gasteiger charge is -2.31. The Morgan fingerprint density at radius 2 is 2.15 bits per heavy atom. The number of rotatable bonds is 6. The molecule has 0 aromatic carbocycles. The second-order valence-electron chi connectivity index (χ2n) is 5.22. The SMILES string of the molecule is COC(=O)CC(NC1CCC(OC)CC1)c1cccs1. The molecule has 0 radical (unpaired) electrons. The van der Waals surface area contributed by atoms with E-state index in [1.807, 2.05) is 11.4 Å². The number of esters is 1. The van der Waals surface area contributed by atoms with E-state index >= 15 is 0 Å². The highest BCUT2D eigenvalue weighted by Gasteiger charge is 2.25. The minimum absolute atomic E-state index is 0.0616. The molecule has 1 aliphatic carbocycles. The van der Waals surface area contributed by atoms with Crippen molar-refractivity contribution >= 4 is 17.3 Å². The Bertz CT molecular complexity index is 399. The normalized spacial score (nSPS) is 24.3. The van der Waals surface area contributed by atoms with E-state index in [1.54, 1.807) is 18.4 Å². The van der Waals surface area contributed by atoms with Crippen LogP contribution in [0.25, 0.3) is 0 Å². The summed E-state index contributed by atoms with van der Waals surface area (Å²) in [6, 6.07) is 4.62. The van der Waals surface area contributed by atoms with Crippen molar-refractivity contribution < 1.29 is 14.3 Å². The van der Waals surface area contributed by atoms with E-state index in [4.69, 9.17) is 9.47 Å². The minimum atomic E-state index is -0.165. The van der Waals surface area contributed by atoms with Crippen molar-refractivity contribution in [3.63, 3.8) is 0 Å². The highest BCUT2D eigenvalue weighted by molar-refractivity contribution is 7.10. The van der Waals surface area contributed by atoms with Gasteiger partial charge in [-0.2, -0.15) is 0 Å². The van der Waals surface area contributed by atoms with Crippen LogP contribution in [-0.2, 0) is 14.3 Å². The lowest BCUT2D eigenvalue weighted by atomic mass is 9.92. The molecule has 5 heteroatoms. The number of hydrogen-bond acceptors (Lipinski definition) is 5. The van der Waals surface area contributed by atoms with E-state index < -0.39 is 0 Å². The molecular weight excluding hydrogens is 274 g/mol. The zero-order chi connectivity index (χ0) is 14.4. The smallest absolute Gasteiger partial charge is 0.307 e. The first-order chi connectivity index (χ1) is 9.72. The molecule has 1 unspecified atom stereocenters. The molecule has 1 aliphatic rings. The third-order valence-electron chi connectivity index (χ3n) is 3.93. The van der Waals surface area contributed by atoms with Crippen LogP contribution in [0.15, 0.2) is 17.5 Å². The van der Waals surface area contributed by atoms with Crippen LogP contribution in [-0.4, -0.2) is 32.3 Å². The van der Waals surface area contributed by atoms with Gasteiger partial charge in [0, 0.05) is 18.0 Å². The molecule has 20 heavy (non-hydrogen) atoms. The van der Waals surface area contributed by atoms with Gasteiger partial charge in [0.15, 0.2) is 0 Å². The first kappa shape index (κ1) is 15.5. The van der Waals surface area contributed by atoms with E-state index in [0.717, 1.165) is 25.7 Å². The van der Waals surface area contributed by atoms with Gasteiger partial charge < -0.3 is 14.8 Å². The van der Waals surface area contributed by atoms with Crippen molar-refractivity contribution in [2.45, 2.75) is 50.3 Å². The molecule has 1 aromatic heterocycles. The first-order valence-corrected chi connectivity index (χ1v) is 8.00. The third-order valence-corrected chi connectivity index (χ3v) is 4.92. The Labute approximate surface area is 124 Å². The summed E-state index contributed by atoms with van der Waals surface area (Å²) in [5.41, 5.74) is 0. The van der Waals surface area contributed by atoms with Crippen molar-refractivity contribution in [2.75, 3.05) is 14.2 Å². The number of hydrogen-bond donors (Lipinski definition) is 1. The Hall–Kier alpha value is -0.910. The van der Waals surface area contributed by atoms with Crippen molar-refractivity contribution in [3.05, 3.63) is 22.4 Å². The summed E-state index contributed by atoms with van der Waals surface area (Å²) in [5, 5.41) is 5.67. The predicted octanol–water partition coefficient (Wildman–Crippen LogP) is 2.90. The number of carbonyl (C=O) groups is 1. The summed E-state index contributed by atoms with van der Waals surface area (Å²) in [5.74, 6) is -0.165. The lowest BCUT2D eigenvalue weighted by Crippen LogP contribution is -2.38. The number of ether oxygens (including phenoxy) is 2. The molecule has 1 saturated carbocycles. The van der Waals surface area contributed by atoms with E-state index in [-0.39, 0.29) is 12.0 Å². The second-order valence-corrected chi connectivity index (χ2v) is 6.20. The predicted molar refractivity (Wildman–Crippen MR) is 79.9 cm³/mol. The molecule has 0 amide bonds. The summed E-state index contributed by atoms with van der Waals surface area (Å²) in [4.78, 5) is 12.8. The van der Waals surface area contributed by atoms with Gasteiger partial charge in [0.05, 0.1) is 25.7 Å². The molecule has 0 saturated heterocycles. The first-order valence-electron chi connectivity index (χ1n) is 7.12. The van der Waals surface area contributed by atoms with Crippen LogP contribution in [0, 0.1) is 0 Å². The summed E-state index contributed by atoms with van der Waals surface area (Å²) in [6.45, 7) is 0. The van der Waals surface area contributed by atoms with Crippen molar-refractivity contribution in [3.8, 4) is 0 Å². The monoisotopic (exact) mass is 297 g/mol. The Morgan fingerprint density at radius 1 is 1.40 bits per heavy atom. The zero-order valence-electron chi connectivity index (χ0n) is 12.1. The van der Waals surface area contributed by atoms with Gasteiger partial charge in [0.25, 0.3) is 0 Å². The summed E-state index contributed by atoms with van der Waals surface area (Å²) in [6.07, 6.45) is 5.16. The van der Waals surface area contributed by atoms with Crippen LogP contribution in [0.1, 0.15) is 43.0 Å². The molecule has 0 bridgehead atoms. The summed E-state index contributed by atoms with van der Waals surface area (Å²) < 4.78 is 10.2. The van der Waals surface area contributed by atoms with Crippen LogP contribution in [0.4, 0.5) is 0 Å². The average molecular weight is 297 g/mol. The molecule has 1 N–H and O–H groups in total. The highest BCUT2D eigenvalue weighted by atomic mass is 32.1. The van der Waals surface area contributed by atoms with Gasteiger partial charge in [-0.15, -0.1) is 11.3 Å². The van der Waals surface area contributed by atoms with Crippen LogP contribution < -0.4 is 5.32 Å².